The van der Waals surface area contributed by atoms with Gasteiger partial charge in [0.1, 0.15) is 0 Å². The van der Waals surface area contributed by atoms with Gasteiger partial charge in [-0.2, -0.15) is 11.8 Å². The van der Waals surface area contributed by atoms with Crippen molar-refractivity contribution in [3.63, 3.8) is 0 Å². The van der Waals surface area contributed by atoms with Crippen molar-refractivity contribution in [1.82, 2.24) is 9.80 Å². The van der Waals surface area contributed by atoms with E-state index < -0.39 is 0 Å². The fraction of sp³-hybridized carbons (Fsp3) is 0.889. The molecule has 1 heterocycles. The highest BCUT2D eigenvalue weighted by Crippen LogP contribution is 2.04. The van der Waals surface area contributed by atoms with Crippen molar-refractivity contribution in [1.29, 1.82) is 0 Å². The molecule has 1 saturated heterocycles. The summed E-state index contributed by atoms with van der Waals surface area (Å²) < 4.78 is 0. The lowest BCUT2D eigenvalue weighted by Gasteiger charge is -2.15. The smallest absolute Gasteiger partial charge is 0.196 e. The normalized spacial score (nSPS) is 17.0. The summed E-state index contributed by atoms with van der Waals surface area (Å²) in [5, 5.41) is 0. The van der Waals surface area contributed by atoms with E-state index in [1.165, 1.54) is 5.75 Å². The second kappa shape index (κ2) is 5.37. The summed E-state index contributed by atoms with van der Waals surface area (Å²) in [6.07, 6.45) is 0. The van der Waals surface area contributed by atoms with E-state index in [2.05, 4.69) is 35.8 Å². The fourth-order valence-corrected chi connectivity index (χ4v) is 1.90. The monoisotopic (exact) mass is 201 g/mol. The third-order valence-electron chi connectivity index (χ3n) is 2.15. The zero-order valence-electron chi connectivity index (χ0n) is 8.79. The summed E-state index contributed by atoms with van der Waals surface area (Å²) in [6.45, 7) is 5.35. The van der Waals surface area contributed by atoms with Gasteiger partial charge in [0.05, 0.1) is 6.54 Å². The molecule has 1 aliphatic heterocycles. The molecule has 1 fully saturated rings. The molecule has 0 radical (unpaired) electrons. The number of hydrogen-bond donors (Lipinski definition) is 0. The van der Waals surface area contributed by atoms with E-state index in [1.807, 2.05) is 11.8 Å². The van der Waals surface area contributed by atoms with Gasteiger partial charge < -0.3 is 9.80 Å². The highest BCUT2D eigenvalue weighted by molar-refractivity contribution is 7.99. The van der Waals surface area contributed by atoms with Crippen molar-refractivity contribution >= 4 is 17.7 Å². The van der Waals surface area contributed by atoms with Crippen molar-refractivity contribution < 1.29 is 0 Å². The Kier molecular flexibility index (Phi) is 4.42. The Balaban J connectivity index is 2.31. The standard InChI is InChI=1S/C9H19N3S/c1-4-13-8-5-10-9-11(2)6-7-12(9)3/h4-8H2,1-3H3. The third kappa shape index (κ3) is 3.10. The SMILES string of the molecule is CCSCCN=C1N(C)CCN1C. The number of guanidine groups is 1. The molecular weight excluding hydrogens is 182 g/mol. The molecule has 0 atom stereocenters. The Bertz CT molecular complexity index is 170. The minimum Gasteiger partial charge on any atom is -0.344 e. The molecule has 0 saturated carbocycles. The fourth-order valence-electron chi connectivity index (χ4n) is 1.39. The van der Waals surface area contributed by atoms with Gasteiger partial charge in [-0.1, -0.05) is 6.92 Å². The number of thioether (sulfide) groups is 1. The lowest BCUT2D eigenvalue weighted by atomic mass is 10.6. The van der Waals surface area contributed by atoms with E-state index in [0.29, 0.717) is 0 Å². The first-order chi connectivity index (χ1) is 6.25. The van der Waals surface area contributed by atoms with Crippen LogP contribution in [0.3, 0.4) is 0 Å². The van der Waals surface area contributed by atoms with E-state index in [9.17, 15) is 0 Å². The first-order valence-electron chi connectivity index (χ1n) is 4.80. The molecule has 13 heavy (non-hydrogen) atoms. The predicted octanol–water partition coefficient (Wildman–Crippen LogP) is 0.973. The minimum absolute atomic E-state index is 0.947. The Morgan fingerprint density at radius 3 is 2.46 bits per heavy atom. The molecular formula is C9H19N3S. The Morgan fingerprint density at radius 2 is 1.92 bits per heavy atom. The molecule has 0 bridgehead atoms. The van der Waals surface area contributed by atoms with Crippen LogP contribution in [-0.4, -0.2) is 61.0 Å². The Hall–Kier alpha value is -0.380. The van der Waals surface area contributed by atoms with E-state index in [0.717, 1.165) is 31.3 Å². The highest BCUT2D eigenvalue weighted by atomic mass is 32.2. The van der Waals surface area contributed by atoms with Crippen LogP contribution in [0.2, 0.25) is 0 Å². The molecule has 0 spiro atoms. The molecule has 3 nitrogen and oxygen atoms in total. The highest BCUT2D eigenvalue weighted by Gasteiger charge is 2.18. The lowest BCUT2D eigenvalue weighted by Crippen LogP contribution is -2.28. The zero-order chi connectivity index (χ0) is 9.68. The molecule has 0 unspecified atom stereocenters. The summed E-state index contributed by atoms with van der Waals surface area (Å²) in [4.78, 5) is 9.01. The quantitative estimate of drug-likeness (QED) is 0.632. The summed E-state index contributed by atoms with van der Waals surface area (Å²) in [5.74, 6) is 3.48. The lowest BCUT2D eigenvalue weighted by molar-refractivity contribution is 0.553. The van der Waals surface area contributed by atoms with Gasteiger partial charge in [0.15, 0.2) is 5.96 Å². The summed E-state index contributed by atoms with van der Waals surface area (Å²) in [5.41, 5.74) is 0. The van der Waals surface area contributed by atoms with Crippen LogP contribution in [0.4, 0.5) is 0 Å². The third-order valence-corrected chi connectivity index (χ3v) is 3.03. The maximum Gasteiger partial charge on any atom is 0.196 e. The molecule has 1 rings (SSSR count). The number of nitrogens with zero attached hydrogens (tertiary/aromatic N) is 3. The van der Waals surface area contributed by atoms with E-state index in [1.54, 1.807) is 0 Å². The summed E-state index contributed by atoms with van der Waals surface area (Å²) in [7, 11) is 4.21. The van der Waals surface area contributed by atoms with Crippen molar-refractivity contribution in [2.75, 3.05) is 45.2 Å². The molecule has 1 aliphatic rings. The second-order valence-electron chi connectivity index (χ2n) is 3.22. The van der Waals surface area contributed by atoms with Crippen LogP contribution in [0.25, 0.3) is 0 Å². The van der Waals surface area contributed by atoms with Gasteiger partial charge in [-0.25, -0.2) is 0 Å². The molecule has 0 N–H and O–H groups in total. The molecule has 76 valence electrons. The van der Waals surface area contributed by atoms with Crippen LogP contribution in [-0.2, 0) is 0 Å². The van der Waals surface area contributed by atoms with Gasteiger partial charge >= 0.3 is 0 Å². The van der Waals surface area contributed by atoms with Gasteiger partial charge in [-0.05, 0) is 5.75 Å². The van der Waals surface area contributed by atoms with Gasteiger partial charge in [-0.3, -0.25) is 4.99 Å². The van der Waals surface area contributed by atoms with Crippen molar-refractivity contribution in [3.8, 4) is 0 Å². The van der Waals surface area contributed by atoms with Crippen LogP contribution in [0, 0.1) is 0 Å². The number of rotatable bonds is 4. The van der Waals surface area contributed by atoms with Gasteiger partial charge in [0.25, 0.3) is 0 Å². The Morgan fingerprint density at radius 1 is 1.31 bits per heavy atom. The van der Waals surface area contributed by atoms with Crippen LogP contribution in [0.5, 0.6) is 0 Å². The second-order valence-corrected chi connectivity index (χ2v) is 4.62. The number of likely N-dealkylation sites (N-methyl/N-ethyl adjacent to an activating group) is 2. The van der Waals surface area contributed by atoms with Crippen LogP contribution >= 0.6 is 11.8 Å². The van der Waals surface area contributed by atoms with Crippen LogP contribution < -0.4 is 0 Å². The average molecular weight is 201 g/mol. The minimum atomic E-state index is 0.947. The number of aliphatic imine (C=N–C) groups is 1. The first-order valence-corrected chi connectivity index (χ1v) is 5.95. The topological polar surface area (TPSA) is 18.8 Å². The Labute approximate surface area is 85.2 Å². The van der Waals surface area contributed by atoms with Crippen molar-refractivity contribution in [2.24, 2.45) is 4.99 Å². The van der Waals surface area contributed by atoms with E-state index in [4.69, 9.17) is 0 Å². The zero-order valence-corrected chi connectivity index (χ0v) is 9.60. The van der Waals surface area contributed by atoms with E-state index in [-0.39, 0.29) is 0 Å². The van der Waals surface area contributed by atoms with E-state index >= 15 is 0 Å². The number of hydrogen-bond acceptors (Lipinski definition) is 2. The van der Waals surface area contributed by atoms with Gasteiger partial charge in [0, 0.05) is 32.9 Å². The van der Waals surface area contributed by atoms with Crippen molar-refractivity contribution in [3.05, 3.63) is 0 Å². The molecule has 0 aromatic heterocycles. The predicted molar refractivity (Wildman–Crippen MR) is 60.6 cm³/mol. The molecule has 4 heteroatoms. The van der Waals surface area contributed by atoms with Gasteiger partial charge in [-0.15, -0.1) is 0 Å². The maximum atomic E-state index is 4.57. The average Bonchev–Trinajstić information content (AvgIpc) is 2.42. The molecule has 0 aromatic rings. The van der Waals surface area contributed by atoms with Gasteiger partial charge in [0.2, 0.25) is 0 Å². The molecule has 0 aromatic carbocycles. The maximum absolute atomic E-state index is 4.57. The molecule has 0 aliphatic carbocycles. The first kappa shape index (κ1) is 10.7. The summed E-state index contributed by atoms with van der Waals surface area (Å²) in [6, 6.07) is 0. The molecule has 0 amide bonds. The van der Waals surface area contributed by atoms with Crippen molar-refractivity contribution in [2.45, 2.75) is 6.92 Å². The largest absolute Gasteiger partial charge is 0.344 e. The summed E-state index contributed by atoms with van der Waals surface area (Å²) >= 11 is 1.95. The van der Waals surface area contributed by atoms with Crippen LogP contribution in [0.1, 0.15) is 6.92 Å². The van der Waals surface area contributed by atoms with Crippen LogP contribution in [0.15, 0.2) is 4.99 Å².